The van der Waals surface area contributed by atoms with E-state index in [4.69, 9.17) is 15.3 Å². The lowest BCUT2D eigenvalue weighted by Crippen LogP contribution is -2.42. The second-order valence-electron chi connectivity index (χ2n) is 3.07. The summed E-state index contributed by atoms with van der Waals surface area (Å²) in [7, 11) is 0. The molecule has 1 spiro atoms. The van der Waals surface area contributed by atoms with Crippen LogP contribution in [0.4, 0.5) is 0 Å². The van der Waals surface area contributed by atoms with Crippen molar-refractivity contribution >= 4 is 5.90 Å². The van der Waals surface area contributed by atoms with Crippen molar-refractivity contribution in [2.75, 3.05) is 19.7 Å². The van der Waals surface area contributed by atoms with E-state index < -0.39 is 5.79 Å². The van der Waals surface area contributed by atoms with Gasteiger partial charge in [-0.05, 0) is 0 Å². The number of nitrogens with zero attached hydrogens (tertiary/aromatic N) is 1. The summed E-state index contributed by atoms with van der Waals surface area (Å²) < 4.78 is 11.0. The summed E-state index contributed by atoms with van der Waals surface area (Å²) in [5, 5.41) is 6.72. The van der Waals surface area contributed by atoms with Crippen LogP contribution in [-0.2, 0) is 9.47 Å². The minimum Gasteiger partial charge on any atom is -0.445 e. The molecule has 2 saturated heterocycles. The highest BCUT2D eigenvalue weighted by atomic mass is 16.7. The van der Waals surface area contributed by atoms with Gasteiger partial charge in [-0.2, -0.15) is 0 Å². The summed E-state index contributed by atoms with van der Waals surface area (Å²) in [5.74, 6) is 5.18. The van der Waals surface area contributed by atoms with Crippen LogP contribution in [-0.4, -0.2) is 31.4 Å². The van der Waals surface area contributed by atoms with Gasteiger partial charge in [-0.1, -0.05) is 0 Å². The zero-order chi connectivity index (χ0) is 8.44. The van der Waals surface area contributed by atoms with Crippen molar-refractivity contribution < 1.29 is 9.47 Å². The molecule has 0 bridgehead atoms. The highest BCUT2D eigenvalue weighted by Gasteiger charge is 2.41. The molecule has 0 aliphatic carbocycles. The first-order valence-corrected chi connectivity index (χ1v) is 4.15. The number of nitrogens with one attached hydrogen (secondary N) is 1. The van der Waals surface area contributed by atoms with Gasteiger partial charge in [0.05, 0.1) is 0 Å². The average molecular weight is 171 g/mol. The first-order valence-electron chi connectivity index (χ1n) is 4.15. The second-order valence-corrected chi connectivity index (χ2v) is 3.07. The fourth-order valence-electron chi connectivity index (χ4n) is 1.58. The molecule has 0 aromatic heterocycles. The van der Waals surface area contributed by atoms with Crippen LogP contribution in [0, 0.1) is 0 Å². The Labute approximate surface area is 70.9 Å². The Morgan fingerprint density at radius 2 is 2.17 bits per heavy atom. The van der Waals surface area contributed by atoms with Crippen molar-refractivity contribution in [3.05, 3.63) is 0 Å². The SMILES string of the molecule is NN=C1COC2(CCNCC2)O1. The van der Waals surface area contributed by atoms with Crippen LogP contribution in [0.25, 0.3) is 0 Å². The second kappa shape index (κ2) is 2.91. The molecule has 0 aromatic carbocycles. The van der Waals surface area contributed by atoms with E-state index in [1.54, 1.807) is 0 Å². The fourth-order valence-corrected chi connectivity index (χ4v) is 1.58. The third-order valence-electron chi connectivity index (χ3n) is 2.27. The number of ether oxygens (including phenoxy) is 2. The normalized spacial score (nSPS) is 30.8. The van der Waals surface area contributed by atoms with Gasteiger partial charge in [0.2, 0.25) is 11.7 Å². The van der Waals surface area contributed by atoms with Crippen molar-refractivity contribution in [1.29, 1.82) is 0 Å². The van der Waals surface area contributed by atoms with E-state index in [1.807, 2.05) is 0 Å². The molecule has 0 unspecified atom stereocenters. The highest BCUT2D eigenvalue weighted by molar-refractivity contribution is 5.78. The number of hydrazone groups is 1. The molecule has 12 heavy (non-hydrogen) atoms. The lowest BCUT2D eigenvalue weighted by atomic mass is 10.1. The van der Waals surface area contributed by atoms with E-state index in [0.717, 1.165) is 25.9 Å². The van der Waals surface area contributed by atoms with Gasteiger partial charge in [-0.25, -0.2) is 0 Å². The number of hydrogen-bond acceptors (Lipinski definition) is 5. The first-order chi connectivity index (χ1) is 5.85. The minimum absolute atomic E-state index is 0.413. The molecule has 0 amide bonds. The molecule has 0 atom stereocenters. The highest BCUT2D eigenvalue weighted by Crippen LogP contribution is 2.29. The van der Waals surface area contributed by atoms with Crippen LogP contribution < -0.4 is 11.2 Å². The topological polar surface area (TPSA) is 68.9 Å². The molecule has 0 saturated carbocycles. The Morgan fingerprint density at radius 1 is 1.42 bits per heavy atom. The maximum atomic E-state index is 5.51. The smallest absolute Gasteiger partial charge is 0.234 e. The Morgan fingerprint density at radius 3 is 2.75 bits per heavy atom. The van der Waals surface area contributed by atoms with Crippen molar-refractivity contribution in [3.63, 3.8) is 0 Å². The van der Waals surface area contributed by atoms with Crippen LogP contribution in [0.5, 0.6) is 0 Å². The van der Waals surface area contributed by atoms with Crippen molar-refractivity contribution in [1.82, 2.24) is 5.32 Å². The molecule has 2 aliphatic heterocycles. The quantitative estimate of drug-likeness (QED) is 0.376. The van der Waals surface area contributed by atoms with Crippen LogP contribution in [0.2, 0.25) is 0 Å². The molecule has 2 heterocycles. The lowest BCUT2D eigenvalue weighted by Gasteiger charge is -2.30. The fraction of sp³-hybridized carbons (Fsp3) is 0.857. The van der Waals surface area contributed by atoms with E-state index in [2.05, 4.69) is 10.4 Å². The molecule has 5 heteroatoms. The van der Waals surface area contributed by atoms with Crippen molar-refractivity contribution in [2.45, 2.75) is 18.6 Å². The summed E-state index contributed by atoms with van der Waals surface area (Å²) in [4.78, 5) is 0. The molecule has 0 radical (unpaired) electrons. The van der Waals surface area contributed by atoms with Gasteiger partial charge in [0, 0.05) is 25.9 Å². The summed E-state index contributed by atoms with van der Waals surface area (Å²) >= 11 is 0. The summed E-state index contributed by atoms with van der Waals surface area (Å²) in [5.41, 5.74) is 0. The number of nitrogens with two attached hydrogens (primary N) is 1. The van der Waals surface area contributed by atoms with Gasteiger partial charge in [0.1, 0.15) is 6.61 Å². The predicted molar refractivity (Wildman–Crippen MR) is 43.5 cm³/mol. The Balaban J connectivity index is 2.03. The van der Waals surface area contributed by atoms with Gasteiger partial charge < -0.3 is 20.6 Å². The van der Waals surface area contributed by atoms with E-state index in [9.17, 15) is 0 Å². The van der Waals surface area contributed by atoms with Crippen LogP contribution in [0.15, 0.2) is 5.10 Å². The molecule has 2 aliphatic rings. The van der Waals surface area contributed by atoms with Gasteiger partial charge in [0.15, 0.2) is 0 Å². The van der Waals surface area contributed by atoms with Gasteiger partial charge in [0.25, 0.3) is 0 Å². The Hall–Kier alpha value is -0.810. The van der Waals surface area contributed by atoms with Crippen LogP contribution >= 0.6 is 0 Å². The number of piperidine rings is 1. The van der Waals surface area contributed by atoms with Gasteiger partial charge >= 0.3 is 0 Å². The molecule has 2 fully saturated rings. The molecule has 5 nitrogen and oxygen atoms in total. The monoisotopic (exact) mass is 171 g/mol. The van der Waals surface area contributed by atoms with Crippen LogP contribution in [0.1, 0.15) is 12.8 Å². The minimum atomic E-state index is -0.427. The molecule has 0 aromatic rings. The summed E-state index contributed by atoms with van der Waals surface area (Å²) in [6.45, 7) is 2.27. The average Bonchev–Trinajstić information content (AvgIpc) is 2.50. The maximum absolute atomic E-state index is 5.51. The zero-order valence-electron chi connectivity index (χ0n) is 6.88. The molecular weight excluding hydrogens is 158 g/mol. The van der Waals surface area contributed by atoms with Gasteiger partial charge in [-0.3, -0.25) is 0 Å². The molecule has 3 N–H and O–H groups in total. The number of rotatable bonds is 0. The Kier molecular flexibility index (Phi) is 1.90. The van der Waals surface area contributed by atoms with E-state index in [-0.39, 0.29) is 0 Å². The maximum Gasteiger partial charge on any atom is 0.234 e. The Bertz CT molecular complexity index is 199. The largest absolute Gasteiger partial charge is 0.445 e. The van der Waals surface area contributed by atoms with E-state index >= 15 is 0 Å². The van der Waals surface area contributed by atoms with E-state index in [1.165, 1.54) is 0 Å². The third-order valence-corrected chi connectivity index (χ3v) is 2.27. The standard InChI is InChI=1S/C7H13N3O2/c8-10-6-5-11-7(12-6)1-3-9-4-2-7/h9H,1-5,8H2. The predicted octanol–water partition coefficient (Wildman–Crippen LogP) is -0.615. The third kappa shape index (κ3) is 1.25. The summed E-state index contributed by atoms with van der Waals surface area (Å²) in [6.07, 6.45) is 1.73. The van der Waals surface area contributed by atoms with E-state index in [0.29, 0.717) is 12.5 Å². The van der Waals surface area contributed by atoms with Crippen molar-refractivity contribution in [3.8, 4) is 0 Å². The summed E-state index contributed by atoms with van der Waals surface area (Å²) in [6, 6.07) is 0. The van der Waals surface area contributed by atoms with Gasteiger partial charge in [-0.15, -0.1) is 5.10 Å². The van der Waals surface area contributed by atoms with Crippen LogP contribution in [0.3, 0.4) is 0 Å². The molecular formula is C7H13N3O2. The number of hydrogen-bond donors (Lipinski definition) is 2. The van der Waals surface area contributed by atoms with Crippen molar-refractivity contribution in [2.24, 2.45) is 10.9 Å². The molecule has 68 valence electrons. The zero-order valence-corrected chi connectivity index (χ0v) is 6.88. The molecule has 2 rings (SSSR count). The first kappa shape index (κ1) is 7.82. The lowest BCUT2D eigenvalue weighted by molar-refractivity contribution is -0.156.